The van der Waals surface area contributed by atoms with Crippen LogP contribution in [0.3, 0.4) is 0 Å². The van der Waals surface area contributed by atoms with Gasteiger partial charge in [-0.05, 0) is 47.9 Å². The lowest BCUT2D eigenvalue weighted by atomic mass is 9.97. The molecule has 0 aromatic heterocycles. The number of halogens is 1. The molecule has 1 aliphatic rings. The van der Waals surface area contributed by atoms with Gasteiger partial charge in [0, 0.05) is 0 Å². The molecular formula is C16H15ClO4. The molecule has 3 rings (SSSR count). The van der Waals surface area contributed by atoms with Crippen molar-refractivity contribution in [2.75, 3.05) is 13.9 Å². The fourth-order valence-corrected chi connectivity index (χ4v) is 2.68. The average Bonchev–Trinajstić information content (AvgIpc) is 2.95. The Kier molecular flexibility index (Phi) is 3.66. The van der Waals surface area contributed by atoms with Crippen molar-refractivity contribution >= 4 is 11.6 Å². The number of aliphatic hydroxyl groups is 1. The van der Waals surface area contributed by atoms with Gasteiger partial charge in [-0.25, -0.2) is 0 Å². The summed E-state index contributed by atoms with van der Waals surface area (Å²) in [5.41, 5.74) is 2.40. The molecule has 1 aliphatic heterocycles. The molecule has 1 unspecified atom stereocenters. The van der Waals surface area contributed by atoms with Gasteiger partial charge in [0.15, 0.2) is 11.5 Å². The quantitative estimate of drug-likeness (QED) is 0.943. The number of fused-ring (bicyclic) bond motifs is 1. The number of methoxy groups -OCH3 is 1. The van der Waals surface area contributed by atoms with Gasteiger partial charge in [0.25, 0.3) is 0 Å². The van der Waals surface area contributed by atoms with E-state index in [1.54, 1.807) is 19.2 Å². The van der Waals surface area contributed by atoms with Crippen LogP contribution in [0.15, 0.2) is 30.3 Å². The van der Waals surface area contributed by atoms with E-state index in [4.69, 9.17) is 25.8 Å². The molecule has 1 N–H and O–H groups in total. The van der Waals surface area contributed by atoms with Gasteiger partial charge in [0.2, 0.25) is 6.79 Å². The molecule has 1 heterocycles. The Morgan fingerprint density at radius 2 is 2.05 bits per heavy atom. The zero-order chi connectivity index (χ0) is 15.0. The lowest BCUT2D eigenvalue weighted by Gasteiger charge is -2.16. The number of aryl methyl sites for hydroxylation is 1. The molecular weight excluding hydrogens is 292 g/mol. The predicted molar refractivity (Wildman–Crippen MR) is 79.4 cm³/mol. The first-order valence-electron chi connectivity index (χ1n) is 6.52. The highest BCUT2D eigenvalue weighted by atomic mass is 35.5. The third kappa shape index (κ3) is 2.52. The minimum absolute atomic E-state index is 0.149. The van der Waals surface area contributed by atoms with Gasteiger partial charge in [0.1, 0.15) is 11.9 Å². The largest absolute Gasteiger partial charge is 0.497 e. The third-order valence-corrected chi connectivity index (χ3v) is 3.82. The maximum absolute atomic E-state index is 10.6. The van der Waals surface area contributed by atoms with Gasteiger partial charge in [0.05, 0.1) is 12.1 Å². The van der Waals surface area contributed by atoms with Gasteiger partial charge in [-0.1, -0.05) is 17.7 Å². The second kappa shape index (κ2) is 5.47. The molecule has 5 heteroatoms. The van der Waals surface area contributed by atoms with E-state index in [9.17, 15) is 5.11 Å². The summed E-state index contributed by atoms with van der Waals surface area (Å²) in [4.78, 5) is 0. The smallest absolute Gasteiger partial charge is 0.231 e. The van der Waals surface area contributed by atoms with Gasteiger partial charge in [-0.3, -0.25) is 0 Å². The maximum atomic E-state index is 10.6. The normalized spacial score (nSPS) is 14.1. The van der Waals surface area contributed by atoms with E-state index in [0.717, 1.165) is 16.9 Å². The van der Waals surface area contributed by atoms with Gasteiger partial charge >= 0.3 is 0 Å². The summed E-state index contributed by atoms with van der Waals surface area (Å²) in [5, 5.41) is 11.0. The van der Waals surface area contributed by atoms with Crippen LogP contribution in [0.2, 0.25) is 5.02 Å². The number of rotatable bonds is 3. The van der Waals surface area contributed by atoms with Crippen LogP contribution in [0.1, 0.15) is 22.8 Å². The standard InChI is InChI=1S/C16H15ClO4/c1-9-5-11(19-2)3-4-12(9)15(18)10-6-13(17)16-14(7-10)20-8-21-16/h3-7,15,18H,8H2,1-2H3. The van der Waals surface area contributed by atoms with E-state index in [1.165, 1.54) is 0 Å². The molecule has 110 valence electrons. The Hall–Kier alpha value is -1.91. The molecule has 0 amide bonds. The molecule has 2 aromatic rings. The van der Waals surface area contributed by atoms with E-state index in [0.29, 0.717) is 22.1 Å². The summed E-state index contributed by atoms with van der Waals surface area (Å²) in [6.07, 6.45) is -0.789. The molecule has 21 heavy (non-hydrogen) atoms. The van der Waals surface area contributed by atoms with Crippen LogP contribution in [0, 0.1) is 6.92 Å². The van der Waals surface area contributed by atoms with Crippen LogP contribution in [-0.2, 0) is 0 Å². The van der Waals surface area contributed by atoms with E-state index in [-0.39, 0.29) is 6.79 Å². The molecule has 4 nitrogen and oxygen atoms in total. The van der Waals surface area contributed by atoms with Crippen molar-refractivity contribution in [2.24, 2.45) is 0 Å². The SMILES string of the molecule is COc1ccc(C(O)c2cc(Cl)c3c(c2)OCO3)c(C)c1. The molecule has 0 bridgehead atoms. The highest BCUT2D eigenvalue weighted by Gasteiger charge is 2.22. The lowest BCUT2D eigenvalue weighted by Crippen LogP contribution is -2.02. The summed E-state index contributed by atoms with van der Waals surface area (Å²) in [6, 6.07) is 9.00. The van der Waals surface area contributed by atoms with Crippen molar-refractivity contribution in [3.63, 3.8) is 0 Å². The minimum atomic E-state index is -0.789. The van der Waals surface area contributed by atoms with E-state index in [2.05, 4.69) is 0 Å². The lowest BCUT2D eigenvalue weighted by molar-refractivity contribution is 0.173. The second-order valence-corrected chi connectivity index (χ2v) is 5.27. The number of hydrogen-bond acceptors (Lipinski definition) is 4. The number of benzene rings is 2. The molecule has 0 fully saturated rings. The van der Waals surface area contributed by atoms with Gasteiger partial charge in [-0.15, -0.1) is 0 Å². The maximum Gasteiger partial charge on any atom is 0.231 e. The zero-order valence-electron chi connectivity index (χ0n) is 11.7. The molecule has 2 aromatic carbocycles. The molecule has 0 radical (unpaired) electrons. The fourth-order valence-electron chi connectivity index (χ4n) is 2.41. The predicted octanol–water partition coefficient (Wildman–Crippen LogP) is 3.47. The molecule has 0 spiro atoms. The fraction of sp³-hybridized carbons (Fsp3) is 0.250. The Balaban J connectivity index is 1.99. The van der Waals surface area contributed by atoms with Crippen LogP contribution in [0.5, 0.6) is 17.2 Å². The van der Waals surface area contributed by atoms with Crippen molar-refractivity contribution in [1.29, 1.82) is 0 Å². The van der Waals surface area contributed by atoms with Gasteiger partial charge in [-0.2, -0.15) is 0 Å². The van der Waals surface area contributed by atoms with Crippen LogP contribution < -0.4 is 14.2 Å². The highest BCUT2D eigenvalue weighted by molar-refractivity contribution is 6.32. The van der Waals surface area contributed by atoms with Crippen LogP contribution >= 0.6 is 11.6 Å². The van der Waals surface area contributed by atoms with Crippen LogP contribution in [-0.4, -0.2) is 19.0 Å². The summed E-state index contributed by atoms with van der Waals surface area (Å²) in [5.74, 6) is 1.84. The Morgan fingerprint density at radius 1 is 1.24 bits per heavy atom. The molecule has 0 aliphatic carbocycles. The average molecular weight is 307 g/mol. The summed E-state index contributed by atoms with van der Waals surface area (Å²) >= 11 is 6.16. The molecule has 0 saturated carbocycles. The minimum Gasteiger partial charge on any atom is -0.497 e. The Morgan fingerprint density at radius 3 is 2.76 bits per heavy atom. The molecule has 1 atom stereocenters. The number of aliphatic hydroxyl groups excluding tert-OH is 1. The Labute approximate surface area is 127 Å². The van der Waals surface area contributed by atoms with E-state index < -0.39 is 6.10 Å². The van der Waals surface area contributed by atoms with Gasteiger partial charge < -0.3 is 19.3 Å². The van der Waals surface area contributed by atoms with Crippen molar-refractivity contribution in [1.82, 2.24) is 0 Å². The Bertz CT molecular complexity index is 684. The summed E-state index contributed by atoms with van der Waals surface area (Å²) in [6.45, 7) is 2.08. The zero-order valence-corrected chi connectivity index (χ0v) is 12.5. The van der Waals surface area contributed by atoms with Crippen molar-refractivity contribution in [2.45, 2.75) is 13.0 Å². The first kappa shape index (κ1) is 14.0. The first-order chi connectivity index (χ1) is 10.1. The van der Waals surface area contributed by atoms with E-state index >= 15 is 0 Å². The van der Waals surface area contributed by atoms with Crippen molar-refractivity contribution in [3.05, 3.63) is 52.0 Å². The van der Waals surface area contributed by atoms with Crippen molar-refractivity contribution in [3.8, 4) is 17.2 Å². The summed E-state index contributed by atoms with van der Waals surface area (Å²) < 4.78 is 15.8. The van der Waals surface area contributed by atoms with Crippen molar-refractivity contribution < 1.29 is 19.3 Å². The first-order valence-corrected chi connectivity index (χ1v) is 6.89. The second-order valence-electron chi connectivity index (χ2n) is 4.86. The monoisotopic (exact) mass is 306 g/mol. The van der Waals surface area contributed by atoms with E-state index in [1.807, 2.05) is 25.1 Å². The van der Waals surface area contributed by atoms with Crippen LogP contribution in [0.4, 0.5) is 0 Å². The number of ether oxygens (including phenoxy) is 3. The topological polar surface area (TPSA) is 47.9 Å². The van der Waals surface area contributed by atoms with Crippen LogP contribution in [0.25, 0.3) is 0 Å². The highest BCUT2D eigenvalue weighted by Crippen LogP contribution is 2.42. The number of hydrogen-bond donors (Lipinski definition) is 1. The molecule has 0 saturated heterocycles. The summed E-state index contributed by atoms with van der Waals surface area (Å²) in [7, 11) is 1.61. The third-order valence-electron chi connectivity index (χ3n) is 3.54.